The molecular weight excluding hydrogens is 379 g/mol. The van der Waals surface area contributed by atoms with Crippen LogP contribution in [0.25, 0.3) is 0 Å². The predicted octanol–water partition coefficient (Wildman–Crippen LogP) is 3.74. The van der Waals surface area contributed by atoms with Gasteiger partial charge in [-0.05, 0) is 48.9 Å². The Balaban J connectivity index is 1.85. The maximum absolute atomic E-state index is 14.7. The summed E-state index contributed by atoms with van der Waals surface area (Å²) >= 11 is 0. The topological polar surface area (TPSA) is 51.5 Å². The van der Waals surface area contributed by atoms with E-state index in [1.807, 2.05) is 22.9 Å². The fourth-order valence-corrected chi connectivity index (χ4v) is 5.44. The molecule has 1 aromatic heterocycles. The van der Waals surface area contributed by atoms with Crippen molar-refractivity contribution in [3.05, 3.63) is 83.4 Å². The molecule has 0 aliphatic carbocycles. The van der Waals surface area contributed by atoms with Gasteiger partial charge in [0.2, 0.25) is 10.0 Å². The molecule has 0 fully saturated rings. The average molecular weight is 400 g/mol. The molecule has 7 heteroatoms. The highest BCUT2D eigenvalue weighted by atomic mass is 32.2. The van der Waals surface area contributed by atoms with E-state index in [9.17, 15) is 12.8 Å². The predicted molar refractivity (Wildman–Crippen MR) is 104 cm³/mol. The van der Waals surface area contributed by atoms with E-state index in [0.717, 1.165) is 11.3 Å². The van der Waals surface area contributed by atoms with E-state index in [4.69, 9.17) is 4.74 Å². The molecule has 5 nitrogen and oxygen atoms in total. The number of halogens is 1. The number of ether oxygens (including phenoxy) is 1. The highest BCUT2D eigenvalue weighted by Gasteiger charge is 2.38. The van der Waals surface area contributed by atoms with Gasteiger partial charge in [-0.25, -0.2) is 12.8 Å². The monoisotopic (exact) mass is 400 g/mol. The number of fused-ring (bicyclic) bond motifs is 1. The second-order valence-electron chi connectivity index (χ2n) is 6.80. The summed E-state index contributed by atoms with van der Waals surface area (Å²) in [4.78, 5) is 0.173. The first-order valence-electron chi connectivity index (χ1n) is 8.99. The number of rotatable bonds is 4. The Morgan fingerprint density at radius 2 is 1.86 bits per heavy atom. The summed E-state index contributed by atoms with van der Waals surface area (Å²) in [7, 11) is -2.30. The van der Waals surface area contributed by atoms with Crippen LogP contribution >= 0.6 is 0 Å². The number of sulfonamides is 1. The molecule has 0 radical (unpaired) electrons. The van der Waals surface area contributed by atoms with Crippen molar-refractivity contribution in [3.8, 4) is 5.75 Å². The minimum absolute atomic E-state index is 0.173. The van der Waals surface area contributed by atoms with Gasteiger partial charge in [0, 0.05) is 30.5 Å². The molecule has 0 saturated carbocycles. The van der Waals surface area contributed by atoms with Gasteiger partial charge in [0.05, 0.1) is 18.0 Å². The van der Waals surface area contributed by atoms with Crippen molar-refractivity contribution < 1.29 is 17.5 Å². The molecule has 0 spiro atoms. The average Bonchev–Trinajstić information content (AvgIpc) is 3.16. The van der Waals surface area contributed by atoms with Crippen LogP contribution in [0.2, 0.25) is 0 Å². The molecule has 28 heavy (non-hydrogen) atoms. The van der Waals surface area contributed by atoms with Crippen molar-refractivity contribution in [2.24, 2.45) is 0 Å². The van der Waals surface area contributed by atoms with Crippen LogP contribution in [0.1, 0.15) is 22.9 Å². The van der Waals surface area contributed by atoms with Gasteiger partial charge in [-0.1, -0.05) is 18.2 Å². The first-order valence-corrected chi connectivity index (χ1v) is 10.4. The van der Waals surface area contributed by atoms with Crippen LogP contribution in [0.5, 0.6) is 5.75 Å². The third kappa shape index (κ3) is 3.00. The summed E-state index contributed by atoms with van der Waals surface area (Å²) in [5, 5.41) is 0. The molecule has 2 heterocycles. The van der Waals surface area contributed by atoms with Crippen molar-refractivity contribution >= 4 is 10.0 Å². The van der Waals surface area contributed by atoms with Crippen molar-refractivity contribution in [2.75, 3.05) is 13.7 Å². The Hall–Kier alpha value is -2.64. The van der Waals surface area contributed by atoms with E-state index in [1.165, 1.54) is 16.4 Å². The first-order chi connectivity index (χ1) is 13.4. The molecule has 146 valence electrons. The van der Waals surface area contributed by atoms with Gasteiger partial charge in [0.25, 0.3) is 0 Å². The van der Waals surface area contributed by atoms with E-state index in [0.29, 0.717) is 17.9 Å². The number of aromatic nitrogens is 1. The number of benzene rings is 2. The summed E-state index contributed by atoms with van der Waals surface area (Å²) in [5.41, 5.74) is 1.83. The molecule has 1 aliphatic rings. The molecular formula is C21H21FN2O3S. The zero-order valence-corrected chi connectivity index (χ0v) is 16.5. The Kier molecular flexibility index (Phi) is 4.72. The molecule has 4 rings (SSSR count). The van der Waals surface area contributed by atoms with Gasteiger partial charge in [-0.3, -0.25) is 0 Å². The minimum atomic E-state index is -3.85. The third-order valence-electron chi connectivity index (χ3n) is 5.17. The molecule has 0 unspecified atom stereocenters. The van der Waals surface area contributed by atoms with Crippen molar-refractivity contribution in [3.63, 3.8) is 0 Å². The van der Waals surface area contributed by atoms with Gasteiger partial charge in [-0.15, -0.1) is 0 Å². The van der Waals surface area contributed by atoms with Crippen LogP contribution in [0, 0.1) is 12.7 Å². The van der Waals surface area contributed by atoms with Gasteiger partial charge in [0.1, 0.15) is 11.6 Å². The molecule has 0 amide bonds. The normalized spacial score (nSPS) is 17.3. The van der Waals surface area contributed by atoms with Gasteiger partial charge >= 0.3 is 0 Å². The molecule has 0 N–H and O–H groups in total. The highest BCUT2D eigenvalue weighted by Crippen LogP contribution is 2.38. The third-order valence-corrected chi connectivity index (χ3v) is 7.03. The summed E-state index contributed by atoms with van der Waals surface area (Å²) in [6.45, 7) is 2.57. The largest absolute Gasteiger partial charge is 0.496 e. The lowest BCUT2D eigenvalue weighted by Crippen LogP contribution is -2.42. The molecule has 1 atom stereocenters. The first kappa shape index (κ1) is 18.7. The van der Waals surface area contributed by atoms with E-state index in [1.54, 1.807) is 44.4 Å². The zero-order chi connectivity index (χ0) is 19.9. The SMILES string of the molecule is COc1ccc(S(=O)(=O)N2CCn3cccc3[C@H]2c2ccccc2F)cc1C. The Labute approximate surface area is 164 Å². The fraction of sp³-hybridized carbons (Fsp3) is 0.238. The highest BCUT2D eigenvalue weighted by molar-refractivity contribution is 7.89. The summed E-state index contributed by atoms with van der Waals surface area (Å²) in [6.07, 6.45) is 1.89. The van der Waals surface area contributed by atoms with Crippen LogP contribution in [-0.2, 0) is 16.6 Å². The van der Waals surface area contributed by atoms with Gasteiger partial charge in [0.15, 0.2) is 0 Å². The minimum Gasteiger partial charge on any atom is -0.496 e. The summed E-state index contributed by atoms with van der Waals surface area (Å²) < 4.78 is 50.3. The molecule has 3 aromatic rings. The number of methoxy groups -OCH3 is 1. The number of hydrogen-bond acceptors (Lipinski definition) is 3. The van der Waals surface area contributed by atoms with Crippen LogP contribution in [0.4, 0.5) is 4.39 Å². The van der Waals surface area contributed by atoms with E-state index in [2.05, 4.69) is 0 Å². The van der Waals surface area contributed by atoms with Crippen molar-refractivity contribution in [1.82, 2.24) is 8.87 Å². The maximum atomic E-state index is 14.7. The lowest BCUT2D eigenvalue weighted by atomic mass is 10.0. The van der Waals surface area contributed by atoms with Crippen LogP contribution < -0.4 is 4.74 Å². The van der Waals surface area contributed by atoms with Gasteiger partial charge in [-0.2, -0.15) is 4.31 Å². The van der Waals surface area contributed by atoms with E-state index < -0.39 is 21.9 Å². The van der Waals surface area contributed by atoms with Crippen LogP contribution in [0.15, 0.2) is 65.7 Å². The zero-order valence-electron chi connectivity index (χ0n) is 15.7. The smallest absolute Gasteiger partial charge is 0.244 e. The van der Waals surface area contributed by atoms with Crippen LogP contribution in [0.3, 0.4) is 0 Å². The lowest BCUT2D eigenvalue weighted by molar-refractivity contribution is 0.293. The molecule has 0 bridgehead atoms. The van der Waals surface area contributed by atoms with Gasteiger partial charge < -0.3 is 9.30 Å². The van der Waals surface area contributed by atoms with Crippen LogP contribution in [-0.4, -0.2) is 30.9 Å². The Morgan fingerprint density at radius 1 is 1.07 bits per heavy atom. The van der Waals surface area contributed by atoms with E-state index in [-0.39, 0.29) is 11.4 Å². The fourth-order valence-electron chi connectivity index (χ4n) is 3.78. The Bertz CT molecular complexity index is 1120. The molecule has 2 aromatic carbocycles. The second-order valence-corrected chi connectivity index (χ2v) is 8.69. The van der Waals surface area contributed by atoms with E-state index >= 15 is 0 Å². The number of hydrogen-bond donors (Lipinski definition) is 0. The number of aryl methyl sites for hydroxylation is 1. The summed E-state index contributed by atoms with van der Waals surface area (Å²) in [5.74, 6) is 0.199. The lowest BCUT2D eigenvalue weighted by Gasteiger charge is -2.36. The number of nitrogens with zero attached hydrogens (tertiary/aromatic N) is 2. The Morgan fingerprint density at radius 3 is 2.57 bits per heavy atom. The molecule has 0 saturated heterocycles. The maximum Gasteiger partial charge on any atom is 0.244 e. The van der Waals surface area contributed by atoms with Crippen molar-refractivity contribution in [1.29, 1.82) is 0 Å². The molecule has 1 aliphatic heterocycles. The quantitative estimate of drug-likeness (QED) is 0.670. The second kappa shape index (κ2) is 7.07. The standard InChI is InChI=1S/C21H21FN2O3S/c1-15-14-16(9-10-20(15)27-2)28(25,26)24-13-12-23-11-5-8-19(23)21(24)17-6-3-4-7-18(17)22/h3-11,14,21H,12-13H2,1-2H3/t21-/m1/s1. The summed E-state index contributed by atoms with van der Waals surface area (Å²) in [6, 6.07) is 14.1. The van der Waals surface area contributed by atoms with Crippen molar-refractivity contribution in [2.45, 2.75) is 24.4 Å².